The Morgan fingerprint density at radius 2 is 1.11 bits per heavy atom. The molecule has 0 aromatic heterocycles. The van der Waals surface area contributed by atoms with Gasteiger partial charge in [-0.1, -0.05) is 13.8 Å². The molecule has 10 heteroatoms. The maximum Gasteiger partial charge on any atom is 0.409 e. The quantitative estimate of drug-likeness (QED) is 0.428. The van der Waals surface area contributed by atoms with E-state index in [9.17, 15) is 9.59 Å². The zero-order valence-electron chi connectivity index (χ0n) is 17.9. The fourth-order valence-corrected chi connectivity index (χ4v) is 1.98. The molecule has 28 heavy (non-hydrogen) atoms. The third-order valence-corrected chi connectivity index (χ3v) is 3.17. The van der Waals surface area contributed by atoms with Crippen molar-refractivity contribution in [2.24, 2.45) is 0 Å². The van der Waals surface area contributed by atoms with Crippen LogP contribution in [-0.2, 0) is 51.7 Å². The number of carboxylic acids is 1. The van der Waals surface area contributed by atoms with Gasteiger partial charge >= 0.3 is 12.2 Å². The average Bonchev–Trinajstić information content (AvgIpc) is 2.61. The Morgan fingerprint density at radius 3 is 1.43 bits per heavy atom. The van der Waals surface area contributed by atoms with Gasteiger partial charge in [0.2, 0.25) is 0 Å². The summed E-state index contributed by atoms with van der Waals surface area (Å²) in [6.45, 7) is 12.6. The first-order valence-electron chi connectivity index (χ1n) is 9.44. The van der Waals surface area contributed by atoms with Crippen molar-refractivity contribution in [2.45, 2.75) is 47.5 Å². The third kappa shape index (κ3) is 19.8. The summed E-state index contributed by atoms with van der Waals surface area (Å²) in [4.78, 5) is 35.7. The van der Waals surface area contributed by atoms with Gasteiger partial charge in [0, 0.05) is 65.8 Å². The van der Waals surface area contributed by atoms with Crippen molar-refractivity contribution >= 4 is 18.2 Å². The Bertz CT molecular complexity index is 397. The van der Waals surface area contributed by atoms with E-state index in [1.807, 2.05) is 27.7 Å². The van der Waals surface area contributed by atoms with Crippen molar-refractivity contribution in [1.29, 1.82) is 0 Å². The molecule has 0 aliphatic carbocycles. The van der Waals surface area contributed by atoms with Gasteiger partial charge < -0.3 is 29.1 Å². The van der Waals surface area contributed by atoms with Crippen LogP contribution >= 0.6 is 0 Å². The third-order valence-electron chi connectivity index (χ3n) is 3.17. The SMILES string of the molecule is CC(=O)O.CCCN(CCC)C(=O)OCCOCCOC(=O)N(CC)CC.[Y]. The van der Waals surface area contributed by atoms with Crippen LogP contribution in [0.25, 0.3) is 0 Å². The van der Waals surface area contributed by atoms with Crippen molar-refractivity contribution in [3.63, 3.8) is 0 Å². The molecule has 0 saturated carbocycles. The second-order valence-electron chi connectivity index (χ2n) is 5.52. The molecular weight excluding hydrogens is 445 g/mol. The smallest absolute Gasteiger partial charge is 0.409 e. The van der Waals surface area contributed by atoms with E-state index < -0.39 is 5.97 Å². The van der Waals surface area contributed by atoms with Crippen LogP contribution in [0, 0.1) is 0 Å². The molecule has 0 fully saturated rings. The van der Waals surface area contributed by atoms with Crippen molar-refractivity contribution in [3.05, 3.63) is 0 Å². The Kier molecular flexibility index (Phi) is 25.4. The number of rotatable bonds is 12. The molecule has 0 bridgehead atoms. The first-order chi connectivity index (χ1) is 12.8. The Labute approximate surface area is 193 Å². The minimum absolute atomic E-state index is 0. The molecule has 0 aromatic rings. The predicted molar refractivity (Wildman–Crippen MR) is 102 cm³/mol. The number of carbonyl (C=O) groups excluding carboxylic acids is 2. The van der Waals surface area contributed by atoms with Gasteiger partial charge in [0.25, 0.3) is 5.97 Å². The van der Waals surface area contributed by atoms with Gasteiger partial charge in [0.15, 0.2) is 0 Å². The van der Waals surface area contributed by atoms with E-state index in [1.54, 1.807) is 9.80 Å². The second-order valence-corrected chi connectivity index (χ2v) is 5.52. The normalized spacial score (nSPS) is 9.32. The van der Waals surface area contributed by atoms with Gasteiger partial charge in [-0.2, -0.15) is 0 Å². The van der Waals surface area contributed by atoms with E-state index in [-0.39, 0.29) is 64.7 Å². The molecule has 0 spiro atoms. The van der Waals surface area contributed by atoms with Crippen molar-refractivity contribution < 1.29 is 66.4 Å². The van der Waals surface area contributed by atoms with Gasteiger partial charge in [-0.05, 0) is 26.7 Å². The molecule has 0 atom stereocenters. The molecule has 0 saturated heterocycles. The Balaban J connectivity index is -0.00000113. The maximum absolute atomic E-state index is 11.8. The van der Waals surface area contributed by atoms with E-state index in [0.29, 0.717) is 32.8 Å². The van der Waals surface area contributed by atoms with Gasteiger partial charge in [0.05, 0.1) is 13.2 Å². The maximum atomic E-state index is 11.8. The molecule has 0 aliphatic heterocycles. The molecule has 0 aromatic carbocycles. The molecular formula is C18H36N2O7Y. The molecule has 1 N–H and O–H groups in total. The second kappa shape index (κ2) is 22.4. The Hall–Kier alpha value is -0.926. The standard InChI is InChI=1S/C16H32N2O5.C2H4O2.Y/c1-5-9-18(10-6-2)16(20)23-14-12-21-11-13-22-15(19)17(7-3)8-4;1-2(3)4;/h5-14H2,1-4H3;1H3,(H,3,4);. The van der Waals surface area contributed by atoms with Gasteiger partial charge in [-0.25, -0.2) is 9.59 Å². The van der Waals surface area contributed by atoms with Crippen LogP contribution in [0.1, 0.15) is 47.5 Å². The number of ether oxygens (including phenoxy) is 3. The summed E-state index contributed by atoms with van der Waals surface area (Å²) in [5.74, 6) is -0.833. The van der Waals surface area contributed by atoms with Crippen LogP contribution in [0.3, 0.4) is 0 Å². The van der Waals surface area contributed by atoms with E-state index in [4.69, 9.17) is 24.1 Å². The zero-order valence-corrected chi connectivity index (χ0v) is 20.8. The molecule has 0 unspecified atom stereocenters. The fourth-order valence-electron chi connectivity index (χ4n) is 1.98. The summed E-state index contributed by atoms with van der Waals surface area (Å²) in [6.07, 6.45) is 1.18. The summed E-state index contributed by atoms with van der Waals surface area (Å²) >= 11 is 0. The topological polar surface area (TPSA) is 106 Å². The van der Waals surface area contributed by atoms with Gasteiger partial charge in [0.1, 0.15) is 13.2 Å². The molecule has 163 valence electrons. The van der Waals surface area contributed by atoms with Gasteiger partial charge in [-0.15, -0.1) is 0 Å². The van der Waals surface area contributed by atoms with E-state index in [1.165, 1.54) is 0 Å². The largest absolute Gasteiger partial charge is 0.481 e. The van der Waals surface area contributed by atoms with E-state index in [0.717, 1.165) is 19.8 Å². The molecule has 0 rings (SSSR count). The van der Waals surface area contributed by atoms with Crippen LogP contribution in [0.5, 0.6) is 0 Å². The van der Waals surface area contributed by atoms with E-state index >= 15 is 0 Å². The summed E-state index contributed by atoms with van der Waals surface area (Å²) in [6, 6.07) is 0. The first-order valence-corrected chi connectivity index (χ1v) is 9.44. The van der Waals surface area contributed by atoms with Crippen LogP contribution in [-0.4, -0.2) is 85.7 Å². The number of aliphatic carboxylic acids is 1. The average molecular weight is 481 g/mol. The number of hydrogen-bond donors (Lipinski definition) is 1. The number of carboxylic acid groups (broad SMARTS) is 1. The summed E-state index contributed by atoms with van der Waals surface area (Å²) in [5.41, 5.74) is 0. The zero-order chi connectivity index (χ0) is 21.1. The van der Waals surface area contributed by atoms with Crippen LogP contribution in [0.2, 0.25) is 0 Å². The minimum atomic E-state index is -0.833. The fraction of sp³-hybridized carbons (Fsp3) is 0.833. The number of carbonyl (C=O) groups is 3. The molecule has 0 heterocycles. The summed E-state index contributed by atoms with van der Waals surface area (Å²) in [5, 5.41) is 7.42. The number of hydrogen-bond acceptors (Lipinski definition) is 6. The first kappa shape index (κ1) is 31.8. The van der Waals surface area contributed by atoms with Crippen LogP contribution in [0.15, 0.2) is 0 Å². The van der Waals surface area contributed by atoms with Crippen LogP contribution < -0.4 is 0 Å². The van der Waals surface area contributed by atoms with Gasteiger partial charge in [-0.3, -0.25) is 4.79 Å². The summed E-state index contributed by atoms with van der Waals surface area (Å²) < 4.78 is 15.5. The monoisotopic (exact) mass is 481 g/mol. The summed E-state index contributed by atoms with van der Waals surface area (Å²) in [7, 11) is 0. The number of nitrogens with zero attached hydrogens (tertiary/aromatic N) is 2. The van der Waals surface area contributed by atoms with Crippen molar-refractivity contribution in [1.82, 2.24) is 9.80 Å². The van der Waals surface area contributed by atoms with Crippen LogP contribution in [0.4, 0.5) is 9.59 Å². The molecule has 2 amide bonds. The predicted octanol–water partition coefficient (Wildman–Crippen LogP) is 2.83. The molecule has 1 radical (unpaired) electrons. The Morgan fingerprint density at radius 1 is 0.750 bits per heavy atom. The molecule has 9 nitrogen and oxygen atoms in total. The number of amides is 2. The van der Waals surface area contributed by atoms with Crippen molar-refractivity contribution in [2.75, 3.05) is 52.6 Å². The minimum Gasteiger partial charge on any atom is -0.481 e. The molecule has 0 aliphatic rings. The van der Waals surface area contributed by atoms with E-state index in [2.05, 4.69) is 0 Å². The van der Waals surface area contributed by atoms with Crippen molar-refractivity contribution in [3.8, 4) is 0 Å².